The molecule has 5 aromatic rings. The first-order valence-electron chi connectivity index (χ1n) is 9.52. The summed E-state index contributed by atoms with van der Waals surface area (Å²) in [6.45, 7) is 4.22. The van der Waals surface area contributed by atoms with Gasteiger partial charge in [-0.3, -0.25) is 4.57 Å². The lowest BCUT2D eigenvalue weighted by Crippen LogP contribution is -2.09. The van der Waals surface area contributed by atoms with Gasteiger partial charge in [-0.15, -0.1) is 0 Å². The summed E-state index contributed by atoms with van der Waals surface area (Å²) in [6.07, 6.45) is 0. The summed E-state index contributed by atoms with van der Waals surface area (Å²) >= 11 is 0. The predicted molar refractivity (Wildman–Crippen MR) is 114 cm³/mol. The van der Waals surface area contributed by atoms with Crippen LogP contribution in [0, 0.1) is 0 Å². The zero-order valence-electron chi connectivity index (χ0n) is 15.9. The fraction of sp³-hybridized carbons (Fsp3) is 0.125. The van der Waals surface area contributed by atoms with Crippen LogP contribution >= 0.6 is 0 Å². The molecule has 0 saturated carbocycles. The number of rotatable bonds is 3. The van der Waals surface area contributed by atoms with Gasteiger partial charge < -0.3 is 0 Å². The van der Waals surface area contributed by atoms with Crippen LogP contribution in [0.25, 0.3) is 39.1 Å². The summed E-state index contributed by atoms with van der Waals surface area (Å²) < 4.78 is 2.14. The van der Waals surface area contributed by atoms with Gasteiger partial charge in [0.05, 0.1) is 11.0 Å². The SMILES string of the molecule is CC(C)c1nc(-c2ccccc2)nc(-n2c3ccccc3c3ccccc32)n1. The Kier molecular flexibility index (Phi) is 3.90. The van der Waals surface area contributed by atoms with Crippen molar-refractivity contribution in [2.45, 2.75) is 19.8 Å². The number of nitrogens with zero attached hydrogens (tertiary/aromatic N) is 4. The van der Waals surface area contributed by atoms with E-state index in [0.29, 0.717) is 11.8 Å². The minimum atomic E-state index is 0.206. The second kappa shape index (κ2) is 6.57. The first-order valence-corrected chi connectivity index (χ1v) is 9.52. The first-order chi connectivity index (χ1) is 13.7. The van der Waals surface area contributed by atoms with Gasteiger partial charge in [0.1, 0.15) is 5.82 Å². The summed E-state index contributed by atoms with van der Waals surface area (Å²) in [5, 5.41) is 2.40. The van der Waals surface area contributed by atoms with Crippen molar-refractivity contribution in [2.75, 3.05) is 0 Å². The summed E-state index contributed by atoms with van der Waals surface area (Å²) in [4.78, 5) is 14.4. The van der Waals surface area contributed by atoms with E-state index in [1.54, 1.807) is 0 Å². The molecule has 136 valence electrons. The van der Waals surface area contributed by atoms with Crippen molar-refractivity contribution in [1.82, 2.24) is 19.5 Å². The van der Waals surface area contributed by atoms with Crippen molar-refractivity contribution in [3.8, 4) is 17.3 Å². The lowest BCUT2D eigenvalue weighted by atomic mass is 10.2. The van der Waals surface area contributed by atoms with E-state index in [-0.39, 0.29) is 5.92 Å². The van der Waals surface area contributed by atoms with E-state index >= 15 is 0 Å². The second-order valence-electron chi connectivity index (χ2n) is 7.21. The molecule has 0 saturated heterocycles. The maximum Gasteiger partial charge on any atom is 0.238 e. The lowest BCUT2D eigenvalue weighted by Gasteiger charge is -2.11. The average Bonchev–Trinajstić information content (AvgIpc) is 3.08. The summed E-state index contributed by atoms with van der Waals surface area (Å²) in [5.41, 5.74) is 3.20. The van der Waals surface area contributed by atoms with E-state index in [4.69, 9.17) is 15.0 Å². The molecule has 3 aromatic carbocycles. The van der Waals surface area contributed by atoms with Gasteiger partial charge in [-0.25, -0.2) is 4.98 Å². The number of aromatic nitrogens is 4. The topological polar surface area (TPSA) is 43.6 Å². The van der Waals surface area contributed by atoms with Crippen LogP contribution in [0.4, 0.5) is 0 Å². The number of para-hydroxylation sites is 2. The molecule has 0 bridgehead atoms. The van der Waals surface area contributed by atoms with Gasteiger partial charge in [-0.1, -0.05) is 80.6 Å². The van der Waals surface area contributed by atoms with Gasteiger partial charge in [-0.05, 0) is 12.1 Å². The van der Waals surface area contributed by atoms with E-state index in [2.05, 4.69) is 66.9 Å². The third-order valence-corrected chi connectivity index (χ3v) is 4.97. The fourth-order valence-electron chi connectivity index (χ4n) is 3.59. The number of hydrogen-bond acceptors (Lipinski definition) is 3. The third kappa shape index (κ3) is 2.65. The molecule has 0 radical (unpaired) electrons. The van der Waals surface area contributed by atoms with E-state index in [1.165, 1.54) is 10.8 Å². The normalized spacial score (nSPS) is 11.5. The quantitative estimate of drug-likeness (QED) is 0.409. The van der Waals surface area contributed by atoms with E-state index in [1.807, 2.05) is 30.3 Å². The van der Waals surface area contributed by atoms with Crippen LogP contribution < -0.4 is 0 Å². The fourth-order valence-corrected chi connectivity index (χ4v) is 3.59. The maximum absolute atomic E-state index is 4.87. The van der Waals surface area contributed by atoms with Crippen molar-refractivity contribution < 1.29 is 0 Å². The van der Waals surface area contributed by atoms with Crippen LogP contribution in [0.1, 0.15) is 25.6 Å². The van der Waals surface area contributed by atoms with Crippen LogP contribution in [-0.4, -0.2) is 19.5 Å². The zero-order chi connectivity index (χ0) is 19.1. The molecule has 4 heteroatoms. The molecule has 28 heavy (non-hydrogen) atoms. The molecule has 2 aromatic heterocycles. The van der Waals surface area contributed by atoms with Crippen molar-refractivity contribution in [1.29, 1.82) is 0 Å². The van der Waals surface area contributed by atoms with Gasteiger partial charge >= 0.3 is 0 Å². The molecule has 0 aliphatic carbocycles. The lowest BCUT2D eigenvalue weighted by molar-refractivity contribution is 0.750. The molecule has 0 aliphatic rings. The monoisotopic (exact) mass is 364 g/mol. The molecule has 0 amide bonds. The second-order valence-corrected chi connectivity index (χ2v) is 7.21. The van der Waals surface area contributed by atoms with Gasteiger partial charge in [0.25, 0.3) is 0 Å². The van der Waals surface area contributed by atoms with E-state index < -0.39 is 0 Å². The van der Waals surface area contributed by atoms with Gasteiger partial charge in [0.2, 0.25) is 5.95 Å². The predicted octanol–water partition coefficient (Wildman–Crippen LogP) is 5.76. The molecule has 4 nitrogen and oxygen atoms in total. The van der Waals surface area contributed by atoms with Crippen molar-refractivity contribution in [3.05, 3.63) is 84.7 Å². The van der Waals surface area contributed by atoms with Gasteiger partial charge in [-0.2, -0.15) is 9.97 Å². The van der Waals surface area contributed by atoms with Crippen LogP contribution in [0.5, 0.6) is 0 Å². The first kappa shape index (κ1) is 16.6. The standard InChI is InChI=1S/C24H20N4/c1-16(2)22-25-23(17-10-4-3-5-11-17)27-24(26-22)28-20-14-8-6-12-18(20)19-13-7-9-15-21(19)28/h3-16H,1-2H3. The number of benzene rings is 3. The summed E-state index contributed by atoms with van der Waals surface area (Å²) in [5.74, 6) is 2.37. The molecule has 0 aliphatic heterocycles. The Balaban J connectivity index is 1.85. The Bertz CT molecular complexity index is 1230. The Morgan fingerprint density at radius 3 is 1.82 bits per heavy atom. The number of fused-ring (bicyclic) bond motifs is 3. The Morgan fingerprint density at radius 1 is 0.643 bits per heavy atom. The van der Waals surface area contributed by atoms with E-state index in [9.17, 15) is 0 Å². The molecule has 0 atom stereocenters. The van der Waals surface area contributed by atoms with Gasteiger partial charge in [0.15, 0.2) is 5.82 Å². The highest BCUT2D eigenvalue weighted by molar-refractivity contribution is 6.08. The molecular formula is C24H20N4. The van der Waals surface area contributed by atoms with Crippen LogP contribution in [0.2, 0.25) is 0 Å². The minimum Gasteiger partial charge on any atom is -0.278 e. The van der Waals surface area contributed by atoms with E-state index in [0.717, 1.165) is 22.4 Å². The van der Waals surface area contributed by atoms with Gasteiger partial charge in [0, 0.05) is 22.3 Å². The number of hydrogen-bond donors (Lipinski definition) is 0. The Labute approximate surface area is 163 Å². The van der Waals surface area contributed by atoms with Crippen LogP contribution in [0.3, 0.4) is 0 Å². The highest BCUT2D eigenvalue weighted by atomic mass is 15.2. The highest BCUT2D eigenvalue weighted by Gasteiger charge is 2.17. The average molecular weight is 364 g/mol. The Hall–Kier alpha value is -3.53. The van der Waals surface area contributed by atoms with Crippen molar-refractivity contribution in [2.24, 2.45) is 0 Å². The molecule has 0 unspecified atom stereocenters. The smallest absolute Gasteiger partial charge is 0.238 e. The molecule has 0 N–H and O–H groups in total. The van der Waals surface area contributed by atoms with Crippen LogP contribution in [0.15, 0.2) is 78.9 Å². The largest absolute Gasteiger partial charge is 0.278 e. The highest BCUT2D eigenvalue weighted by Crippen LogP contribution is 2.31. The molecular weight excluding hydrogens is 344 g/mol. The van der Waals surface area contributed by atoms with Crippen LogP contribution in [-0.2, 0) is 0 Å². The van der Waals surface area contributed by atoms with Crippen molar-refractivity contribution in [3.63, 3.8) is 0 Å². The van der Waals surface area contributed by atoms with Crippen molar-refractivity contribution >= 4 is 21.8 Å². The zero-order valence-corrected chi connectivity index (χ0v) is 15.9. The summed E-state index contributed by atoms with van der Waals surface area (Å²) in [7, 11) is 0. The third-order valence-electron chi connectivity index (χ3n) is 4.97. The minimum absolute atomic E-state index is 0.206. The summed E-state index contributed by atoms with van der Waals surface area (Å²) in [6, 6.07) is 26.9. The molecule has 0 spiro atoms. The molecule has 0 fully saturated rings. The molecule has 5 rings (SSSR count). The Morgan fingerprint density at radius 2 is 1.21 bits per heavy atom. The molecule has 2 heterocycles. The maximum atomic E-state index is 4.87.